The molecule has 0 fully saturated rings. The van der Waals surface area contributed by atoms with Crippen LogP contribution in [0.2, 0.25) is 5.02 Å². The Hall–Kier alpha value is -4.10. The molecule has 0 saturated carbocycles. The number of imidazole rings is 1. The number of nitrogens with zero attached hydrogens (tertiary/aromatic N) is 3. The van der Waals surface area contributed by atoms with E-state index in [4.69, 9.17) is 16.3 Å². The number of hydrogen-bond acceptors (Lipinski definition) is 4. The summed E-state index contributed by atoms with van der Waals surface area (Å²) >= 11 is 6.37. The second-order valence-electron chi connectivity index (χ2n) is 8.85. The first-order valence-corrected chi connectivity index (χ1v) is 12.5. The molecule has 1 amide bonds. The van der Waals surface area contributed by atoms with E-state index in [1.165, 1.54) is 0 Å². The highest BCUT2D eigenvalue weighted by Gasteiger charge is 2.34. The van der Waals surface area contributed by atoms with Crippen LogP contribution in [-0.4, -0.2) is 44.6 Å². The third kappa shape index (κ3) is 5.37. The zero-order valence-electron chi connectivity index (χ0n) is 20.1. The van der Waals surface area contributed by atoms with E-state index in [1.54, 1.807) is 24.4 Å². The summed E-state index contributed by atoms with van der Waals surface area (Å²) in [7, 11) is 0. The van der Waals surface area contributed by atoms with Crippen LogP contribution < -0.4 is 4.74 Å². The number of hydrogen-bond donors (Lipinski definition) is 1. The molecule has 7 nitrogen and oxygen atoms in total. The maximum atomic E-state index is 13.7. The van der Waals surface area contributed by atoms with Crippen LogP contribution in [0, 0.1) is 0 Å². The summed E-state index contributed by atoms with van der Waals surface area (Å²) in [6, 6.07) is 22.5. The first kappa shape index (κ1) is 24.6. The largest absolute Gasteiger partial charge is 0.482 e. The standard InChI is InChI=1S/C29H26ClN3O4/c30-21-10-11-25(37-19-28(35)36)24(18-21)29-23-9-5-4-6-20(23)14-16-33(29)27(34)13-12-26-31-15-17-32(26)22-7-2-1-3-8-22/h1-11,15,17-18,29H,12-14,16,19H2,(H,35,36). The summed E-state index contributed by atoms with van der Waals surface area (Å²) in [6.07, 6.45) is 5.11. The predicted octanol–water partition coefficient (Wildman–Crippen LogP) is 5.10. The summed E-state index contributed by atoms with van der Waals surface area (Å²) in [5.74, 6) is 0.103. The van der Waals surface area contributed by atoms with E-state index in [-0.39, 0.29) is 12.3 Å². The number of carboxylic acids is 1. The van der Waals surface area contributed by atoms with Crippen LogP contribution in [0.15, 0.2) is 85.2 Å². The van der Waals surface area contributed by atoms with Crippen molar-refractivity contribution in [2.75, 3.05) is 13.2 Å². The fourth-order valence-electron chi connectivity index (χ4n) is 4.88. The molecule has 0 spiro atoms. The number of ether oxygens (including phenoxy) is 1. The predicted molar refractivity (Wildman–Crippen MR) is 140 cm³/mol. The first-order valence-electron chi connectivity index (χ1n) is 12.1. The van der Waals surface area contributed by atoms with Crippen LogP contribution in [0.5, 0.6) is 5.75 Å². The molecular formula is C29H26ClN3O4. The van der Waals surface area contributed by atoms with Gasteiger partial charge in [0.2, 0.25) is 5.91 Å². The molecule has 188 valence electrons. The molecule has 4 aromatic rings. The Morgan fingerprint density at radius 1 is 1.03 bits per heavy atom. The van der Waals surface area contributed by atoms with Crippen molar-refractivity contribution in [2.24, 2.45) is 0 Å². The number of aliphatic carboxylic acids is 1. The number of benzene rings is 3. The molecule has 0 bridgehead atoms. The van der Waals surface area contributed by atoms with Gasteiger partial charge in [0.05, 0.1) is 6.04 Å². The van der Waals surface area contributed by atoms with Crippen LogP contribution in [0.4, 0.5) is 0 Å². The fraction of sp³-hybridized carbons (Fsp3) is 0.207. The van der Waals surface area contributed by atoms with Gasteiger partial charge in [-0.05, 0) is 47.9 Å². The third-order valence-corrected chi connectivity index (χ3v) is 6.77. The molecule has 1 unspecified atom stereocenters. The molecule has 2 heterocycles. The van der Waals surface area contributed by atoms with Gasteiger partial charge in [0.15, 0.2) is 6.61 Å². The Labute approximate surface area is 219 Å². The monoisotopic (exact) mass is 515 g/mol. The van der Waals surface area contributed by atoms with Gasteiger partial charge < -0.3 is 19.3 Å². The lowest BCUT2D eigenvalue weighted by atomic mass is 9.87. The van der Waals surface area contributed by atoms with E-state index in [9.17, 15) is 14.7 Å². The molecule has 3 aromatic carbocycles. The highest BCUT2D eigenvalue weighted by molar-refractivity contribution is 6.30. The highest BCUT2D eigenvalue weighted by Crippen LogP contribution is 2.40. The van der Waals surface area contributed by atoms with Crippen molar-refractivity contribution < 1.29 is 19.4 Å². The number of carbonyl (C=O) groups is 2. The van der Waals surface area contributed by atoms with Gasteiger partial charge in [-0.25, -0.2) is 9.78 Å². The number of fused-ring (bicyclic) bond motifs is 1. The van der Waals surface area contributed by atoms with Gasteiger partial charge in [-0.15, -0.1) is 0 Å². The van der Waals surface area contributed by atoms with Gasteiger partial charge >= 0.3 is 5.97 Å². The quantitative estimate of drug-likeness (QED) is 0.353. The summed E-state index contributed by atoms with van der Waals surface area (Å²) in [5, 5.41) is 9.65. The molecule has 0 radical (unpaired) electrons. The number of halogens is 1. The van der Waals surface area contributed by atoms with Gasteiger partial charge in [0.1, 0.15) is 11.6 Å². The van der Waals surface area contributed by atoms with E-state index < -0.39 is 18.6 Å². The van der Waals surface area contributed by atoms with Gasteiger partial charge in [0, 0.05) is 48.1 Å². The maximum Gasteiger partial charge on any atom is 0.341 e. The van der Waals surface area contributed by atoms with Gasteiger partial charge in [0.25, 0.3) is 0 Å². The number of amides is 1. The average Bonchev–Trinajstić information content (AvgIpc) is 3.39. The smallest absolute Gasteiger partial charge is 0.341 e. The molecule has 1 aliphatic heterocycles. The van der Waals surface area contributed by atoms with Gasteiger partial charge in [-0.3, -0.25) is 4.79 Å². The summed E-state index contributed by atoms with van der Waals surface area (Å²) in [4.78, 5) is 31.3. The molecular weight excluding hydrogens is 490 g/mol. The summed E-state index contributed by atoms with van der Waals surface area (Å²) < 4.78 is 7.62. The van der Waals surface area contributed by atoms with E-state index in [1.807, 2.05) is 64.2 Å². The van der Waals surface area contributed by atoms with E-state index >= 15 is 0 Å². The Balaban J connectivity index is 1.45. The lowest BCUT2D eigenvalue weighted by Crippen LogP contribution is -2.41. The van der Waals surface area contributed by atoms with Crippen LogP contribution in [0.25, 0.3) is 5.69 Å². The van der Waals surface area contributed by atoms with Gasteiger partial charge in [-0.2, -0.15) is 0 Å². The highest BCUT2D eigenvalue weighted by atomic mass is 35.5. The second kappa shape index (κ2) is 10.9. The fourth-order valence-corrected chi connectivity index (χ4v) is 5.06. The Kier molecular flexibility index (Phi) is 7.23. The van der Waals surface area contributed by atoms with Crippen LogP contribution in [0.3, 0.4) is 0 Å². The lowest BCUT2D eigenvalue weighted by Gasteiger charge is -2.38. The first-order chi connectivity index (χ1) is 18.0. The molecule has 5 rings (SSSR count). The van der Waals surface area contributed by atoms with E-state index in [2.05, 4.69) is 11.1 Å². The lowest BCUT2D eigenvalue weighted by molar-refractivity contribution is -0.139. The van der Waals surface area contributed by atoms with Crippen molar-refractivity contribution in [1.29, 1.82) is 0 Å². The van der Waals surface area contributed by atoms with Crippen LogP contribution in [0.1, 0.15) is 35.0 Å². The van der Waals surface area contributed by atoms with Crippen LogP contribution >= 0.6 is 11.6 Å². The number of aryl methyl sites for hydroxylation is 1. The molecule has 8 heteroatoms. The molecule has 0 saturated heterocycles. The molecule has 0 aliphatic carbocycles. The van der Waals surface area contributed by atoms with Crippen molar-refractivity contribution in [3.63, 3.8) is 0 Å². The van der Waals surface area contributed by atoms with Crippen molar-refractivity contribution in [3.8, 4) is 11.4 Å². The topological polar surface area (TPSA) is 84.7 Å². The molecule has 1 atom stereocenters. The minimum Gasteiger partial charge on any atom is -0.482 e. The number of aromatic nitrogens is 2. The zero-order chi connectivity index (χ0) is 25.8. The minimum atomic E-state index is -1.08. The minimum absolute atomic E-state index is 0.0220. The van der Waals surface area contributed by atoms with Crippen molar-refractivity contribution >= 4 is 23.5 Å². The molecule has 37 heavy (non-hydrogen) atoms. The average molecular weight is 516 g/mol. The summed E-state index contributed by atoms with van der Waals surface area (Å²) in [5.41, 5.74) is 3.78. The van der Waals surface area contributed by atoms with Crippen LogP contribution in [-0.2, 0) is 22.4 Å². The number of para-hydroxylation sites is 1. The van der Waals surface area contributed by atoms with Gasteiger partial charge in [-0.1, -0.05) is 54.1 Å². The van der Waals surface area contributed by atoms with Crippen molar-refractivity contribution in [3.05, 3.63) is 113 Å². The zero-order valence-corrected chi connectivity index (χ0v) is 20.8. The van der Waals surface area contributed by atoms with E-state index in [0.717, 1.165) is 29.1 Å². The van der Waals surface area contributed by atoms with Crippen molar-refractivity contribution in [2.45, 2.75) is 25.3 Å². The Bertz CT molecular complexity index is 1420. The number of rotatable bonds is 8. The van der Waals surface area contributed by atoms with Crippen molar-refractivity contribution in [1.82, 2.24) is 14.5 Å². The molecule has 1 aliphatic rings. The molecule has 1 aromatic heterocycles. The third-order valence-electron chi connectivity index (χ3n) is 6.54. The number of carboxylic acid groups (broad SMARTS) is 1. The molecule has 1 N–H and O–H groups in total. The Morgan fingerprint density at radius 3 is 2.62 bits per heavy atom. The number of carbonyl (C=O) groups excluding carboxylic acids is 1. The van der Waals surface area contributed by atoms with E-state index in [0.29, 0.717) is 29.3 Å². The SMILES string of the molecule is O=C(O)COc1ccc(Cl)cc1C1c2ccccc2CCN1C(=O)CCc1nccn1-c1ccccc1. The Morgan fingerprint density at radius 2 is 1.81 bits per heavy atom. The maximum absolute atomic E-state index is 13.7. The normalized spacial score (nSPS) is 14.7. The summed E-state index contributed by atoms with van der Waals surface area (Å²) in [6.45, 7) is 0.0393. The second-order valence-corrected chi connectivity index (χ2v) is 9.29.